The van der Waals surface area contributed by atoms with Crippen molar-refractivity contribution in [1.29, 1.82) is 0 Å². The van der Waals surface area contributed by atoms with Crippen LogP contribution < -0.4 is 14.9 Å². The van der Waals surface area contributed by atoms with Crippen LogP contribution in [0.5, 0.6) is 23.0 Å². The lowest BCUT2D eigenvalue weighted by molar-refractivity contribution is -0.268. The largest absolute Gasteiger partial charge is 0.508 e. The Balaban J connectivity index is 1.58. The van der Waals surface area contributed by atoms with E-state index in [1.54, 1.807) is 0 Å². The Morgan fingerprint density at radius 1 is 0.707 bits per heavy atom. The normalized spacial score (nSPS) is 34.0. The van der Waals surface area contributed by atoms with Crippen molar-refractivity contribution in [2.75, 3.05) is 0 Å². The topological polar surface area (TPSA) is 229 Å². The maximum Gasteiger partial charge on any atom is 0.239 e. The van der Waals surface area contributed by atoms with E-state index in [-0.39, 0.29) is 33.8 Å². The van der Waals surface area contributed by atoms with Crippen LogP contribution in [0.4, 0.5) is 0 Å². The molecule has 3 aromatic rings. The summed E-state index contributed by atoms with van der Waals surface area (Å²) < 4.78 is 28.2. The molecular formula is C27H30O14. The first-order chi connectivity index (χ1) is 19.4. The highest BCUT2D eigenvalue weighted by Gasteiger charge is 2.45. The van der Waals surface area contributed by atoms with Crippen LogP contribution in [0, 0.1) is 0 Å². The van der Waals surface area contributed by atoms with E-state index < -0.39 is 78.3 Å². The highest BCUT2D eigenvalue weighted by Crippen LogP contribution is 2.38. The van der Waals surface area contributed by atoms with Gasteiger partial charge in [0.15, 0.2) is 5.76 Å². The quantitative estimate of drug-likeness (QED) is 0.187. The third kappa shape index (κ3) is 5.31. The van der Waals surface area contributed by atoms with Crippen LogP contribution in [0.25, 0.3) is 22.3 Å². The van der Waals surface area contributed by atoms with E-state index in [4.69, 9.17) is 23.4 Å². The maximum absolute atomic E-state index is 13.7. The molecule has 10 atom stereocenters. The van der Waals surface area contributed by atoms with E-state index in [0.717, 1.165) is 6.07 Å². The van der Waals surface area contributed by atoms with Crippen LogP contribution in [0.1, 0.15) is 13.8 Å². The van der Waals surface area contributed by atoms with Gasteiger partial charge in [-0.3, -0.25) is 4.79 Å². The zero-order valence-corrected chi connectivity index (χ0v) is 21.8. The average Bonchev–Trinajstić information content (AvgIpc) is 2.93. The summed E-state index contributed by atoms with van der Waals surface area (Å²) in [7, 11) is 0. The van der Waals surface area contributed by atoms with Gasteiger partial charge in [-0.05, 0) is 38.1 Å². The molecule has 3 heterocycles. The van der Waals surface area contributed by atoms with Crippen LogP contribution in [-0.2, 0) is 9.47 Å². The Hall–Kier alpha value is -3.47. The lowest BCUT2D eigenvalue weighted by atomic mass is 10.00. The van der Waals surface area contributed by atoms with Gasteiger partial charge in [0.1, 0.15) is 64.8 Å². The first-order valence-corrected chi connectivity index (χ1v) is 12.7. The van der Waals surface area contributed by atoms with Crippen molar-refractivity contribution in [3.8, 4) is 34.3 Å². The summed E-state index contributed by atoms with van der Waals surface area (Å²) in [6, 6.07) is 7.71. The molecule has 0 radical (unpaired) electrons. The van der Waals surface area contributed by atoms with Crippen LogP contribution >= 0.6 is 0 Å². The molecule has 14 nitrogen and oxygen atoms in total. The number of benzene rings is 2. The number of phenols is 2. The molecule has 0 bridgehead atoms. The molecule has 0 unspecified atom stereocenters. The molecule has 2 saturated heterocycles. The van der Waals surface area contributed by atoms with Gasteiger partial charge in [-0.2, -0.15) is 0 Å². The Morgan fingerprint density at radius 3 is 1.80 bits per heavy atom. The highest BCUT2D eigenvalue weighted by molar-refractivity contribution is 5.88. The van der Waals surface area contributed by atoms with Gasteiger partial charge in [-0.15, -0.1) is 0 Å². The minimum atomic E-state index is -1.76. The van der Waals surface area contributed by atoms with E-state index in [0.29, 0.717) is 0 Å². The number of ether oxygens (including phenoxy) is 4. The van der Waals surface area contributed by atoms with E-state index in [1.807, 2.05) is 0 Å². The average molecular weight is 579 g/mol. The van der Waals surface area contributed by atoms with Crippen LogP contribution in [0.3, 0.4) is 0 Å². The zero-order valence-electron chi connectivity index (χ0n) is 21.8. The second-order valence-corrected chi connectivity index (χ2v) is 10.1. The fourth-order valence-electron chi connectivity index (χ4n) is 4.71. The Morgan fingerprint density at radius 2 is 1.24 bits per heavy atom. The van der Waals surface area contributed by atoms with Crippen LogP contribution in [-0.4, -0.2) is 102 Å². The summed E-state index contributed by atoms with van der Waals surface area (Å²) in [6.07, 6.45) is -14.3. The number of aromatic hydroxyl groups is 2. The van der Waals surface area contributed by atoms with E-state index in [9.17, 15) is 45.6 Å². The third-order valence-electron chi connectivity index (χ3n) is 7.14. The Labute approximate surface area is 231 Å². The molecule has 41 heavy (non-hydrogen) atoms. The summed E-state index contributed by atoms with van der Waals surface area (Å²) in [5, 5.41) is 81.1. The zero-order chi connectivity index (χ0) is 29.7. The second kappa shape index (κ2) is 11.1. The van der Waals surface area contributed by atoms with E-state index in [2.05, 4.69) is 0 Å². The molecule has 2 aliphatic rings. The smallest absolute Gasteiger partial charge is 0.239 e. The number of hydrogen-bond acceptors (Lipinski definition) is 14. The molecule has 14 heteroatoms. The lowest BCUT2D eigenvalue weighted by Gasteiger charge is -2.39. The van der Waals surface area contributed by atoms with Crippen molar-refractivity contribution in [2.24, 2.45) is 0 Å². The first-order valence-electron chi connectivity index (χ1n) is 12.7. The molecule has 8 N–H and O–H groups in total. The third-order valence-corrected chi connectivity index (χ3v) is 7.14. The number of rotatable bonds is 5. The monoisotopic (exact) mass is 578 g/mol. The van der Waals surface area contributed by atoms with Crippen molar-refractivity contribution in [3.63, 3.8) is 0 Å². The van der Waals surface area contributed by atoms with E-state index in [1.165, 1.54) is 44.2 Å². The number of fused-ring (bicyclic) bond motifs is 1. The first kappa shape index (κ1) is 29.0. The number of aliphatic hydroxyl groups is 6. The van der Waals surface area contributed by atoms with Gasteiger partial charge in [0, 0.05) is 17.7 Å². The molecule has 2 aliphatic heterocycles. The second-order valence-electron chi connectivity index (χ2n) is 10.1. The van der Waals surface area contributed by atoms with Gasteiger partial charge in [0.25, 0.3) is 0 Å². The van der Waals surface area contributed by atoms with Crippen molar-refractivity contribution in [1.82, 2.24) is 0 Å². The van der Waals surface area contributed by atoms with Gasteiger partial charge in [-0.1, -0.05) is 0 Å². The Kier molecular flexibility index (Phi) is 7.84. The standard InChI is InChI=1S/C27H30O14/c1-9-17(30)20(33)22(35)26(37-9)39-13-7-14(29)16-15(8-13)40-24(11-3-5-12(28)6-4-11)25(19(16)32)41-27-23(36)21(34)18(31)10(2)38-27/h3-10,17-18,20-23,26-31,33-36H,1-2H3/t9-,10-,17-,18-,20-,21+,22-,23-,26-,27-/m0/s1. The van der Waals surface area contributed by atoms with Gasteiger partial charge in [0.2, 0.25) is 23.8 Å². The van der Waals surface area contributed by atoms with E-state index >= 15 is 0 Å². The fourth-order valence-corrected chi connectivity index (χ4v) is 4.71. The minimum Gasteiger partial charge on any atom is -0.508 e. The minimum absolute atomic E-state index is 0.0859. The number of aliphatic hydroxyl groups excluding tert-OH is 6. The molecule has 1 aromatic heterocycles. The molecule has 0 amide bonds. The molecule has 2 fully saturated rings. The molecule has 2 aromatic carbocycles. The predicted octanol–water partition coefficient (Wildman–Crippen LogP) is -0.716. The summed E-state index contributed by atoms with van der Waals surface area (Å²) in [5.74, 6) is -1.55. The van der Waals surface area contributed by atoms with Gasteiger partial charge in [-0.25, -0.2) is 0 Å². The van der Waals surface area contributed by atoms with Crippen molar-refractivity contribution < 1.29 is 64.2 Å². The summed E-state index contributed by atoms with van der Waals surface area (Å²) >= 11 is 0. The van der Waals surface area contributed by atoms with Gasteiger partial charge in [0.05, 0.1) is 12.2 Å². The SMILES string of the molecule is C[C@@H]1O[C@@H](Oc2cc(O)c3c(=O)c(O[C@@H]4O[C@@H](C)[C@H](O)[C@@H](O)[C@@H]4O)c(-c4ccc(O)cc4)oc3c2)[C@@H](O)[C@@H](O)[C@H]1O. The molecule has 222 valence electrons. The Bertz CT molecular complexity index is 1460. The van der Waals surface area contributed by atoms with Crippen LogP contribution in [0.2, 0.25) is 0 Å². The summed E-state index contributed by atoms with van der Waals surface area (Å²) in [6.45, 7) is 2.90. The van der Waals surface area contributed by atoms with Gasteiger partial charge < -0.3 is 64.2 Å². The predicted molar refractivity (Wildman–Crippen MR) is 137 cm³/mol. The van der Waals surface area contributed by atoms with Crippen molar-refractivity contribution in [3.05, 3.63) is 46.6 Å². The summed E-state index contributed by atoms with van der Waals surface area (Å²) in [4.78, 5) is 13.7. The maximum atomic E-state index is 13.7. The fraction of sp³-hybridized carbons (Fsp3) is 0.444. The highest BCUT2D eigenvalue weighted by atomic mass is 16.7. The van der Waals surface area contributed by atoms with Crippen molar-refractivity contribution in [2.45, 2.75) is 75.3 Å². The lowest BCUT2D eigenvalue weighted by Crippen LogP contribution is -2.58. The molecule has 0 aliphatic carbocycles. The molecule has 5 rings (SSSR count). The van der Waals surface area contributed by atoms with Crippen LogP contribution in [0.15, 0.2) is 45.6 Å². The molecular weight excluding hydrogens is 548 g/mol. The molecule has 0 spiro atoms. The summed E-state index contributed by atoms with van der Waals surface area (Å²) in [5.41, 5.74) is -0.865. The molecule has 0 saturated carbocycles. The number of phenolic OH excluding ortho intramolecular Hbond substituents is 2. The number of hydrogen-bond donors (Lipinski definition) is 8. The van der Waals surface area contributed by atoms with Crippen molar-refractivity contribution >= 4 is 11.0 Å². The van der Waals surface area contributed by atoms with Gasteiger partial charge >= 0.3 is 0 Å².